The summed E-state index contributed by atoms with van der Waals surface area (Å²) in [6.07, 6.45) is -0.275. The zero-order valence-electron chi connectivity index (χ0n) is 16.0. The van der Waals surface area contributed by atoms with Gasteiger partial charge in [0.15, 0.2) is 0 Å². The largest absolute Gasteiger partial charge is 0.448 e. The third-order valence-electron chi connectivity index (χ3n) is 5.00. The lowest BCUT2D eigenvalue weighted by molar-refractivity contribution is 0.157. The van der Waals surface area contributed by atoms with Crippen LogP contribution in [-0.4, -0.2) is 34.1 Å². The first-order valence-electron chi connectivity index (χ1n) is 9.19. The number of aromatic nitrogens is 2. The molecule has 4 rings (SSSR count). The van der Waals surface area contributed by atoms with Crippen LogP contribution in [0, 0.1) is 13.8 Å². The zero-order valence-corrected chi connectivity index (χ0v) is 16.9. The lowest BCUT2D eigenvalue weighted by atomic mass is 10.1. The van der Waals surface area contributed by atoms with Crippen molar-refractivity contribution in [1.29, 1.82) is 0 Å². The Bertz CT molecular complexity index is 1100. The van der Waals surface area contributed by atoms with Gasteiger partial charge < -0.3 is 19.9 Å². The molecule has 0 saturated carbocycles. The molecule has 3 aromatic rings. The number of fused-ring (bicyclic) bond motifs is 1. The van der Waals surface area contributed by atoms with Crippen LogP contribution in [0.5, 0.6) is 0 Å². The van der Waals surface area contributed by atoms with E-state index in [1.165, 1.54) is 0 Å². The summed E-state index contributed by atoms with van der Waals surface area (Å²) < 4.78 is 4.98. The molecule has 1 aliphatic rings. The number of H-pyrrole nitrogens is 1. The van der Waals surface area contributed by atoms with E-state index >= 15 is 0 Å². The van der Waals surface area contributed by atoms with Crippen LogP contribution in [0.25, 0.3) is 10.2 Å². The minimum Gasteiger partial charge on any atom is -0.448 e. The fourth-order valence-corrected chi connectivity index (χ4v) is 4.38. The molecule has 0 radical (unpaired) electrons. The number of amides is 1. The second-order valence-corrected chi connectivity index (χ2v) is 8.22. The predicted molar refractivity (Wildman–Crippen MR) is 110 cm³/mol. The molecular weight excluding hydrogens is 376 g/mol. The summed E-state index contributed by atoms with van der Waals surface area (Å²) in [6, 6.07) is 7.70. The van der Waals surface area contributed by atoms with Crippen molar-refractivity contribution >= 4 is 33.3 Å². The van der Waals surface area contributed by atoms with Crippen LogP contribution in [0.4, 0.5) is 10.5 Å². The van der Waals surface area contributed by atoms with E-state index in [1.54, 1.807) is 16.2 Å². The van der Waals surface area contributed by atoms with Crippen LogP contribution >= 0.6 is 11.3 Å². The van der Waals surface area contributed by atoms with Crippen molar-refractivity contribution in [2.24, 2.45) is 0 Å². The fourth-order valence-electron chi connectivity index (χ4n) is 3.34. The molecule has 1 saturated heterocycles. The number of nitrogens with one attached hydrogen (secondary N) is 2. The number of rotatable bonds is 5. The second kappa shape index (κ2) is 7.27. The topological polar surface area (TPSA) is 87.3 Å². The van der Waals surface area contributed by atoms with Gasteiger partial charge in [0.05, 0.1) is 18.0 Å². The number of carbonyl (C=O) groups excluding carboxylic acids is 1. The van der Waals surface area contributed by atoms with Gasteiger partial charge in [0, 0.05) is 17.1 Å². The normalized spacial score (nSPS) is 15.1. The number of carbonyl (C=O) groups is 1. The maximum Gasteiger partial charge on any atom is 0.410 e. The van der Waals surface area contributed by atoms with E-state index in [0.29, 0.717) is 30.9 Å². The monoisotopic (exact) mass is 398 g/mol. The molecule has 1 fully saturated rings. The van der Waals surface area contributed by atoms with E-state index in [2.05, 4.69) is 15.3 Å². The fraction of sp³-hybridized carbons (Fsp3) is 0.350. The summed E-state index contributed by atoms with van der Waals surface area (Å²) in [6.45, 7) is 7.48. The third kappa shape index (κ3) is 3.47. The zero-order chi connectivity index (χ0) is 19.8. The SMILES string of the molecule is Cc1sc2nc([C@@H](C)Nc3cccc(CN4CCOC4=O)c3)[nH]c(=O)c2c1C. The second-order valence-electron chi connectivity index (χ2n) is 7.02. The van der Waals surface area contributed by atoms with Gasteiger partial charge in [0.1, 0.15) is 17.3 Å². The number of ether oxygens (including phenoxy) is 1. The van der Waals surface area contributed by atoms with Crippen molar-refractivity contribution in [2.45, 2.75) is 33.4 Å². The van der Waals surface area contributed by atoms with Crippen molar-refractivity contribution in [1.82, 2.24) is 14.9 Å². The Morgan fingerprint density at radius 2 is 2.18 bits per heavy atom. The first-order valence-corrected chi connectivity index (χ1v) is 10.0. The number of thiophene rings is 1. The summed E-state index contributed by atoms with van der Waals surface area (Å²) >= 11 is 1.54. The molecule has 8 heteroatoms. The van der Waals surface area contributed by atoms with Crippen molar-refractivity contribution in [3.63, 3.8) is 0 Å². The van der Waals surface area contributed by atoms with Gasteiger partial charge in [-0.2, -0.15) is 0 Å². The number of nitrogens with zero attached hydrogens (tertiary/aromatic N) is 2. The highest BCUT2D eigenvalue weighted by Gasteiger charge is 2.22. The minimum atomic E-state index is -0.275. The first-order chi connectivity index (χ1) is 13.4. The molecule has 2 aromatic heterocycles. The maximum absolute atomic E-state index is 12.5. The molecule has 0 unspecified atom stereocenters. The lowest BCUT2D eigenvalue weighted by Crippen LogP contribution is -2.23. The summed E-state index contributed by atoms with van der Waals surface area (Å²) in [5.74, 6) is 0.604. The molecule has 28 heavy (non-hydrogen) atoms. The number of cyclic esters (lactones) is 1. The highest BCUT2D eigenvalue weighted by Crippen LogP contribution is 2.27. The summed E-state index contributed by atoms with van der Waals surface area (Å²) in [7, 11) is 0. The molecule has 1 amide bonds. The maximum atomic E-state index is 12.5. The van der Waals surface area contributed by atoms with E-state index < -0.39 is 0 Å². The van der Waals surface area contributed by atoms with E-state index in [4.69, 9.17) is 4.74 Å². The van der Waals surface area contributed by atoms with E-state index in [-0.39, 0.29) is 17.7 Å². The number of hydrogen-bond donors (Lipinski definition) is 2. The van der Waals surface area contributed by atoms with Crippen LogP contribution in [0.3, 0.4) is 0 Å². The van der Waals surface area contributed by atoms with Crippen molar-refractivity contribution in [3.8, 4) is 0 Å². The number of aromatic amines is 1. The number of aryl methyl sites for hydroxylation is 2. The van der Waals surface area contributed by atoms with Crippen molar-refractivity contribution in [3.05, 3.63) is 56.4 Å². The van der Waals surface area contributed by atoms with Crippen LogP contribution in [0.2, 0.25) is 0 Å². The molecule has 3 heterocycles. The average Bonchev–Trinajstić information content (AvgIpc) is 3.18. The number of benzene rings is 1. The molecule has 0 spiro atoms. The first kappa shape index (κ1) is 18.5. The Kier molecular flexibility index (Phi) is 4.80. The van der Waals surface area contributed by atoms with Crippen molar-refractivity contribution in [2.75, 3.05) is 18.5 Å². The molecule has 1 atom stereocenters. The molecule has 146 valence electrons. The van der Waals surface area contributed by atoms with Crippen LogP contribution in [-0.2, 0) is 11.3 Å². The molecular formula is C20H22N4O3S. The Morgan fingerprint density at radius 3 is 2.93 bits per heavy atom. The molecule has 1 aliphatic heterocycles. The molecule has 0 aliphatic carbocycles. The van der Waals surface area contributed by atoms with E-state index in [1.807, 2.05) is 45.0 Å². The van der Waals surface area contributed by atoms with Crippen molar-refractivity contribution < 1.29 is 9.53 Å². The van der Waals surface area contributed by atoms with Crippen LogP contribution < -0.4 is 10.9 Å². The Hall–Kier alpha value is -2.87. The lowest BCUT2D eigenvalue weighted by Gasteiger charge is -2.17. The third-order valence-corrected chi connectivity index (χ3v) is 6.10. The quantitative estimate of drug-likeness (QED) is 0.684. The highest BCUT2D eigenvalue weighted by atomic mass is 32.1. The van der Waals surface area contributed by atoms with Gasteiger partial charge in [-0.25, -0.2) is 9.78 Å². The Labute approximate surface area is 166 Å². The Morgan fingerprint density at radius 1 is 1.36 bits per heavy atom. The van der Waals surface area contributed by atoms with Gasteiger partial charge in [-0.15, -0.1) is 11.3 Å². The number of hydrogen-bond acceptors (Lipinski definition) is 6. The molecule has 7 nitrogen and oxygen atoms in total. The highest BCUT2D eigenvalue weighted by molar-refractivity contribution is 7.18. The predicted octanol–water partition coefficient (Wildman–Crippen LogP) is 3.73. The van der Waals surface area contributed by atoms with Crippen LogP contribution in [0.15, 0.2) is 29.1 Å². The van der Waals surface area contributed by atoms with E-state index in [9.17, 15) is 9.59 Å². The summed E-state index contributed by atoms with van der Waals surface area (Å²) in [5.41, 5.74) is 2.81. The minimum absolute atomic E-state index is 0.100. The van der Waals surface area contributed by atoms with Gasteiger partial charge in [0.25, 0.3) is 5.56 Å². The molecule has 0 bridgehead atoms. The summed E-state index contributed by atoms with van der Waals surface area (Å²) in [5, 5.41) is 4.06. The van der Waals surface area contributed by atoms with Gasteiger partial charge in [0.2, 0.25) is 0 Å². The molecule has 1 aromatic carbocycles. The van der Waals surface area contributed by atoms with Gasteiger partial charge >= 0.3 is 6.09 Å². The van der Waals surface area contributed by atoms with Crippen LogP contribution in [0.1, 0.15) is 34.8 Å². The smallest absolute Gasteiger partial charge is 0.410 e. The average molecular weight is 398 g/mol. The Balaban J connectivity index is 1.54. The van der Waals surface area contributed by atoms with Gasteiger partial charge in [-0.05, 0) is 44.0 Å². The van der Waals surface area contributed by atoms with Gasteiger partial charge in [-0.1, -0.05) is 12.1 Å². The molecule has 2 N–H and O–H groups in total. The summed E-state index contributed by atoms with van der Waals surface area (Å²) in [4.78, 5) is 35.3. The van der Waals surface area contributed by atoms with Gasteiger partial charge in [-0.3, -0.25) is 4.79 Å². The number of anilines is 1. The van der Waals surface area contributed by atoms with E-state index in [0.717, 1.165) is 26.5 Å². The standard InChI is InChI=1S/C20H22N4O3S/c1-11-13(3)28-19-16(11)18(25)22-17(23-19)12(2)21-15-6-4-5-14(9-15)10-24-7-8-27-20(24)26/h4-6,9,12,21H,7-8,10H2,1-3H3,(H,22,23,25)/t12-/m1/s1.